The Morgan fingerprint density at radius 2 is 2.29 bits per heavy atom. The first-order valence-corrected chi connectivity index (χ1v) is 2.46. The van der Waals surface area contributed by atoms with Crippen molar-refractivity contribution in [3.8, 4) is 0 Å². The summed E-state index contributed by atoms with van der Waals surface area (Å²) in [6.45, 7) is 1.89. The Labute approximate surface area is 49.3 Å². The van der Waals surface area contributed by atoms with E-state index in [9.17, 15) is 0 Å². The molecule has 0 unspecified atom stereocenters. The molecule has 0 fully saturated rings. The molecule has 0 saturated carbocycles. The van der Waals surface area contributed by atoms with E-state index in [1.165, 1.54) is 6.20 Å². The van der Waals surface area contributed by atoms with Crippen LogP contribution in [-0.2, 0) is 0 Å². The van der Waals surface area contributed by atoms with Gasteiger partial charge in [-0.15, -0.1) is 12.6 Å². The molecule has 0 aliphatic carbocycles. The van der Waals surface area contributed by atoms with Crippen molar-refractivity contribution in [3.63, 3.8) is 0 Å². The summed E-state index contributed by atoms with van der Waals surface area (Å²) < 4.78 is 0. The lowest BCUT2D eigenvalue weighted by molar-refractivity contribution is 1.58. The summed E-state index contributed by atoms with van der Waals surface area (Å²) >= 11 is 3.99. The Morgan fingerprint density at radius 3 is 2.43 bits per heavy atom. The van der Waals surface area contributed by atoms with Gasteiger partial charge in [0.2, 0.25) is 0 Å². The summed E-state index contributed by atoms with van der Waals surface area (Å²) in [5.74, 6) is 0. The molecular formula is C5H9NS. The van der Waals surface area contributed by atoms with E-state index >= 15 is 0 Å². The lowest BCUT2D eigenvalue weighted by atomic mass is 10.5. The van der Waals surface area contributed by atoms with Gasteiger partial charge in [-0.25, -0.2) is 0 Å². The zero-order valence-corrected chi connectivity index (χ0v) is 5.15. The predicted octanol–water partition coefficient (Wildman–Crippen LogP) is 1.29. The highest BCUT2D eigenvalue weighted by Crippen LogP contribution is 1.94. The standard InChI is InChI=1S/C5H9NS/c1-5(7)3-2-4-6/h2-4,7H,6H2,1H3/b4-2+,5-3-. The van der Waals surface area contributed by atoms with Crippen LogP contribution >= 0.6 is 12.6 Å². The van der Waals surface area contributed by atoms with Crippen LogP contribution in [-0.4, -0.2) is 0 Å². The lowest BCUT2D eigenvalue weighted by Crippen LogP contribution is -1.72. The van der Waals surface area contributed by atoms with Crippen molar-refractivity contribution < 1.29 is 0 Å². The van der Waals surface area contributed by atoms with E-state index in [0.29, 0.717) is 0 Å². The quantitative estimate of drug-likeness (QED) is 0.391. The number of hydrogen-bond donors (Lipinski definition) is 2. The highest BCUT2D eigenvalue weighted by Gasteiger charge is 1.66. The van der Waals surface area contributed by atoms with E-state index in [1.54, 1.807) is 6.08 Å². The Bertz CT molecular complexity index is 90.3. The summed E-state index contributed by atoms with van der Waals surface area (Å²) in [6, 6.07) is 0. The predicted molar refractivity (Wildman–Crippen MR) is 36.1 cm³/mol. The zero-order valence-electron chi connectivity index (χ0n) is 4.26. The molecule has 2 heteroatoms. The van der Waals surface area contributed by atoms with Crippen molar-refractivity contribution in [1.29, 1.82) is 0 Å². The molecule has 40 valence electrons. The van der Waals surface area contributed by atoms with Crippen molar-refractivity contribution in [2.45, 2.75) is 6.92 Å². The fourth-order valence-corrected chi connectivity index (χ4v) is 0.281. The molecule has 0 heterocycles. The molecule has 0 bridgehead atoms. The summed E-state index contributed by atoms with van der Waals surface area (Å²) in [6.07, 6.45) is 5.03. The maximum Gasteiger partial charge on any atom is -0.00621 e. The lowest BCUT2D eigenvalue weighted by Gasteiger charge is -1.77. The molecule has 7 heavy (non-hydrogen) atoms. The van der Waals surface area contributed by atoms with E-state index in [-0.39, 0.29) is 0 Å². The summed E-state index contributed by atoms with van der Waals surface area (Å²) in [4.78, 5) is 0.960. The average molecular weight is 115 g/mol. The van der Waals surface area contributed by atoms with Crippen LogP contribution in [0.25, 0.3) is 0 Å². The number of nitrogens with two attached hydrogens (primary N) is 1. The largest absolute Gasteiger partial charge is 0.405 e. The molecule has 0 atom stereocenters. The van der Waals surface area contributed by atoms with Crippen LogP contribution in [0.2, 0.25) is 0 Å². The van der Waals surface area contributed by atoms with E-state index in [1.807, 2.05) is 13.0 Å². The van der Waals surface area contributed by atoms with E-state index in [2.05, 4.69) is 12.6 Å². The SMILES string of the molecule is C/C(S)=C/C=C/N. The third kappa shape index (κ3) is 5.63. The van der Waals surface area contributed by atoms with Gasteiger partial charge >= 0.3 is 0 Å². The van der Waals surface area contributed by atoms with Gasteiger partial charge in [0.25, 0.3) is 0 Å². The minimum atomic E-state index is 0.960. The van der Waals surface area contributed by atoms with Gasteiger partial charge in [0, 0.05) is 0 Å². The second-order valence-electron chi connectivity index (χ2n) is 1.19. The van der Waals surface area contributed by atoms with Gasteiger partial charge in [-0.2, -0.15) is 0 Å². The molecular weight excluding hydrogens is 106 g/mol. The Hall–Kier alpha value is -0.370. The van der Waals surface area contributed by atoms with Crippen molar-refractivity contribution >= 4 is 12.6 Å². The highest BCUT2D eigenvalue weighted by molar-refractivity contribution is 7.84. The molecule has 0 rings (SSSR count). The van der Waals surface area contributed by atoms with Gasteiger partial charge in [0.1, 0.15) is 0 Å². The molecule has 0 aromatic carbocycles. The number of hydrogen-bond acceptors (Lipinski definition) is 2. The van der Waals surface area contributed by atoms with Crippen LogP contribution in [0.15, 0.2) is 23.3 Å². The zero-order chi connectivity index (χ0) is 5.70. The molecule has 0 aliphatic rings. The van der Waals surface area contributed by atoms with Gasteiger partial charge in [0.15, 0.2) is 0 Å². The maximum absolute atomic E-state index is 5.02. The van der Waals surface area contributed by atoms with E-state index in [0.717, 1.165) is 4.91 Å². The molecule has 2 N–H and O–H groups in total. The first-order chi connectivity index (χ1) is 3.27. The monoisotopic (exact) mass is 115 g/mol. The fraction of sp³-hybridized carbons (Fsp3) is 0.200. The van der Waals surface area contributed by atoms with Crippen LogP contribution < -0.4 is 5.73 Å². The molecule has 0 spiro atoms. The third-order valence-electron chi connectivity index (χ3n) is 0.449. The Morgan fingerprint density at radius 1 is 1.71 bits per heavy atom. The van der Waals surface area contributed by atoms with Gasteiger partial charge in [0.05, 0.1) is 0 Å². The number of allylic oxidation sites excluding steroid dienone is 3. The number of thiol groups is 1. The third-order valence-corrected chi connectivity index (χ3v) is 0.598. The molecule has 0 amide bonds. The van der Waals surface area contributed by atoms with Gasteiger partial charge < -0.3 is 5.73 Å². The second-order valence-corrected chi connectivity index (χ2v) is 1.90. The molecule has 0 aromatic rings. The van der Waals surface area contributed by atoms with Crippen molar-refractivity contribution in [3.05, 3.63) is 23.3 Å². The van der Waals surface area contributed by atoms with Crippen molar-refractivity contribution in [2.24, 2.45) is 5.73 Å². The Balaban J connectivity index is 3.46. The van der Waals surface area contributed by atoms with E-state index < -0.39 is 0 Å². The topological polar surface area (TPSA) is 26.0 Å². The van der Waals surface area contributed by atoms with Crippen LogP contribution in [0.5, 0.6) is 0 Å². The normalized spacial score (nSPS) is 13.1. The number of rotatable bonds is 1. The smallest absolute Gasteiger partial charge is 0.00621 e. The fourth-order valence-electron chi connectivity index (χ4n) is 0.195. The molecule has 0 aromatic heterocycles. The van der Waals surface area contributed by atoms with Gasteiger partial charge in [-0.1, -0.05) is 6.08 Å². The average Bonchev–Trinajstić information content (AvgIpc) is 1.61. The molecule has 0 saturated heterocycles. The molecule has 0 aliphatic heterocycles. The first kappa shape index (κ1) is 6.63. The van der Waals surface area contributed by atoms with Crippen LogP contribution in [0.3, 0.4) is 0 Å². The minimum Gasteiger partial charge on any atom is -0.405 e. The van der Waals surface area contributed by atoms with E-state index in [4.69, 9.17) is 5.73 Å². The second kappa shape index (κ2) is 3.81. The molecule has 1 nitrogen and oxygen atoms in total. The summed E-state index contributed by atoms with van der Waals surface area (Å²) in [5.41, 5.74) is 5.02. The van der Waals surface area contributed by atoms with Crippen LogP contribution in [0, 0.1) is 0 Å². The minimum absolute atomic E-state index is 0.960. The maximum atomic E-state index is 5.02. The summed E-state index contributed by atoms with van der Waals surface area (Å²) in [5, 5.41) is 0. The first-order valence-electron chi connectivity index (χ1n) is 2.01. The van der Waals surface area contributed by atoms with Gasteiger partial charge in [-0.3, -0.25) is 0 Å². The van der Waals surface area contributed by atoms with Crippen molar-refractivity contribution in [2.75, 3.05) is 0 Å². The summed E-state index contributed by atoms with van der Waals surface area (Å²) in [7, 11) is 0. The highest BCUT2D eigenvalue weighted by atomic mass is 32.1. The Kier molecular flexibility index (Phi) is 3.61. The van der Waals surface area contributed by atoms with Crippen LogP contribution in [0.4, 0.5) is 0 Å². The molecule has 0 radical (unpaired) electrons. The van der Waals surface area contributed by atoms with Crippen molar-refractivity contribution in [1.82, 2.24) is 0 Å². The van der Waals surface area contributed by atoms with Crippen LogP contribution in [0.1, 0.15) is 6.92 Å². The van der Waals surface area contributed by atoms with Gasteiger partial charge in [-0.05, 0) is 24.1 Å².